The summed E-state index contributed by atoms with van der Waals surface area (Å²) in [4.78, 5) is 13.4. The third kappa shape index (κ3) is 3.81. The lowest BCUT2D eigenvalue weighted by Gasteiger charge is -2.28. The predicted octanol–water partition coefficient (Wildman–Crippen LogP) is 1.93. The average molecular weight is 250 g/mol. The fourth-order valence-electron chi connectivity index (χ4n) is 2.36. The van der Waals surface area contributed by atoms with Gasteiger partial charge in [0, 0.05) is 25.6 Å². The number of carbonyl (C=O) groups is 1. The van der Waals surface area contributed by atoms with E-state index in [0.29, 0.717) is 6.42 Å². The minimum atomic E-state index is -0.207. The van der Waals surface area contributed by atoms with Crippen molar-refractivity contribution in [3.63, 3.8) is 0 Å². The Morgan fingerprint density at radius 1 is 1.39 bits per heavy atom. The van der Waals surface area contributed by atoms with Crippen LogP contribution in [-0.4, -0.2) is 30.4 Å². The van der Waals surface area contributed by atoms with Crippen LogP contribution >= 0.6 is 0 Å². The molecule has 1 saturated heterocycles. The fraction of sp³-hybridized carbons (Fsp3) is 0.500. The highest BCUT2D eigenvalue weighted by Crippen LogP contribution is 2.11. The second-order valence-electron chi connectivity index (χ2n) is 4.98. The van der Waals surface area contributed by atoms with Crippen LogP contribution < -0.4 is 5.32 Å². The highest BCUT2D eigenvalue weighted by Gasteiger charge is 2.19. The molecular formula is C14H19FN2O. The summed E-state index contributed by atoms with van der Waals surface area (Å²) in [7, 11) is 2.02. The molecule has 2 rings (SSSR count). The van der Waals surface area contributed by atoms with Crippen molar-refractivity contribution in [1.82, 2.24) is 10.2 Å². The molecule has 1 atom stereocenters. The smallest absolute Gasteiger partial charge is 0.220 e. The summed E-state index contributed by atoms with van der Waals surface area (Å²) >= 11 is 0. The summed E-state index contributed by atoms with van der Waals surface area (Å²) in [5.41, 5.74) is 1.08. The number of amides is 1. The molecule has 1 aliphatic heterocycles. The number of nitrogens with zero attached hydrogens (tertiary/aromatic N) is 1. The molecule has 18 heavy (non-hydrogen) atoms. The molecule has 0 saturated carbocycles. The van der Waals surface area contributed by atoms with Crippen LogP contribution in [0.15, 0.2) is 24.3 Å². The summed E-state index contributed by atoms with van der Waals surface area (Å²) in [6.07, 6.45) is 2.67. The van der Waals surface area contributed by atoms with Crippen LogP contribution in [0.5, 0.6) is 0 Å². The van der Waals surface area contributed by atoms with Gasteiger partial charge in [0.2, 0.25) is 5.91 Å². The van der Waals surface area contributed by atoms with Gasteiger partial charge >= 0.3 is 0 Å². The average Bonchev–Trinajstić information content (AvgIpc) is 2.32. The van der Waals surface area contributed by atoms with Crippen LogP contribution in [0.1, 0.15) is 24.8 Å². The Labute approximate surface area is 107 Å². The summed E-state index contributed by atoms with van der Waals surface area (Å²) in [6, 6.07) is 6.80. The monoisotopic (exact) mass is 250 g/mol. The van der Waals surface area contributed by atoms with E-state index in [0.717, 1.165) is 31.5 Å². The van der Waals surface area contributed by atoms with Crippen LogP contribution in [-0.2, 0) is 11.3 Å². The molecule has 0 bridgehead atoms. The third-order valence-electron chi connectivity index (χ3n) is 3.22. The molecule has 1 aromatic rings. The van der Waals surface area contributed by atoms with Crippen LogP contribution in [0.2, 0.25) is 0 Å². The number of nitrogens with one attached hydrogen (secondary N) is 1. The van der Waals surface area contributed by atoms with Gasteiger partial charge in [0.1, 0.15) is 5.82 Å². The van der Waals surface area contributed by atoms with E-state index in [1.54, 1.807) is 12.1 Å². The van der Waals surface area contributed by atoms with Crippen LogP contribution in [0, 0.1) is 5.82 Å². The van der Waals surface area contributed by atoms with Crippen molar-refractivity contribution in [3.05, 3.63) is 35.6 Å². The number of hydrogen-bond acceptors (Lipinski definition) is 2. The standard InChI is InChI=1S/C14H19FN2O/c1-17(9-11-5-7-12(15)8-6-11)10-13-3-2-4-14(18)16-13/h5-8,13H,2-4,9-10H2,1H3,(H,16,18). The minimum Gasteiger partial charge on any atom is -0.352 e. The second-order valence-corrected chi connectivity index (χ2v) is 4.98. The van der Waals surface area contributed by atoms with Crippen molar-refractivity contribution in [3.8, 4) is 0 Å². The minimum absolute atomic E-state index is 0.154. The molecule has 98 valence electrons. The number of halogens is 1. The SMILES string of the molecule is CN(Cc1ccc(F)cc1)CC1CCCC(=O)N1. The normalized spacial score (nSPS) is 19.9. The Kier molecular flexibility index (Phi) is 4.31. The Morgan fingerprint density at radius 2 is 2.11 bits per heavy atom. The lowest BCUT2D eigenvalue weighted by atomic mass is 10.0. The summed E-state index contributed by atoms with van der Waals surface area (Å²) in [5, 5.41) is 3.00. The Balaban J connectivity index is 1.82. The first-order valence-corrected chi connectivity index (χ1v) is 6.36. The summed E-state index contributed by atoms with van der Waals surface area (Å²) in [6.45, 7) is 1.61. The molecule has 0 aromatic heterocycles. The number of piperidine rings is 1. The molecule has 1 amide bonds. The first-order valence-electron chi connectivity index (χ1n) is 6.36. The summed E-state index contributed by atoms with van der Waals surface area (Å²) in [5.74, 6) is -0.0534. The summed E-state index contributed by atoms with van der Waals surface area (Å²) < 4.78 is 12.8. The van der Waals surface area contributed by atoms with Crippen molar-refractivity contribution < 1.29 is 9.18 Å². The zero-order valence-corrected chi connectivity index (χ0v) is 10.7. The zero-order valence-electron chi connectivity index (χ0n) is 10.7. The molecule has 1 aromatic carbocycles. The van der Waals surface area contributed by atoms with Crippen LogP contribution in [0.25, 0.3) is 0 Å². The van der Waals surface area contributed by atoms with Gasteiger partial charge < -0.3 is 10.2 Å². The molecular weight excluding hydrogens is 231 g/mol. The van der Waals surface area contributed by atoms with E-state index in [9.17, 15) is 9.18 Å². The van der Waals surface area contributed by atoms with E-state index in [1.165, 1.54) is 12.1 Å². The van der Waals surface area contributed by atoms with Crippen LogP contribution in [0.4, 0.5) is 4.39 Å². The number of rotatable bonds is 4. The molecule has 1 heterocycles. The van der Waals surface area contributed by atoms with E-state index in [1.807, 2.05) is 7.05 Å². The van der Waals surface area contributed by atoms with Gasteiger partial charge in [-0.2, -0.15) is 0 Å². The topological polar surface area (TPSA) is 32.3 Å². The predicted molar refractivity (Wildman–Crippen MR) is 68.5 cm³/mol. The molecule has 1 N–H and O–H groups in total. The first-order chi connectivity index (χ1) is 8.63. The Hall–Kier alpha value is -1.42. The molecule has 1 aliphatic rings. The quantitative estimate of drug-likeness (QED) is 0.885. The van der Waals surface area contributed by atoms with Gasteiger partial charge in [0.05, 0.1) is 0 Å². The van der Waals surface area contributed by atoms with Crippen molar-refractivity contribution >= 4 is 5.91 Å². The Bertz CT molecular complexity index is 405. The van der Waals surface area contributed by atoms with E-state index in [4.69, 9.17) is 0 Å². The zero-order chi connectivity index (χ0) is 13.0. The Morgan fingerprint density at radius 3 is 2.78 bits per heavy atom. The van der Waals surface area contributed by atoms with Gasteiger partial charge in [-0.15, -0.1) is 0 Å². The van der Waals surface area contributed by atoms with Crippen molar-refractivity contribution in [2.24, 2.45) is 0 Å². The number of carbonyl (C=O) groups excluding carboxylic acids is 1. The fourth-order valence-corrected chi connectivity index (χ4v) is 2.36. The number of likely N-dealkylation sites (N-methyl/N-ethyl adjacent to an activating group) is 1. The van der Waals surface area contributed by atoms with Gasteiger partial charge in [-0.25, -0.2) is 4.39 Å². The maximum absolute atomic E-state index is 12.8. The molecule has 4 heteroatoms. The highest BCUT2D eigenvalue weighted by atomic mass is 19.1. The molecule has 0 spiro atoms. The maximum atomic E-state index is 12.8. The van der Waals surface area contributed by atoms with Crippen molar-refractivity contribution in [2.45, 2.75) is 31.8 Å². The molecule has 1 unspecified atom stereocenters. The van der Waals surface area contributed by atoms with E-state index in [-0.39, 0.29) is 17.8 Å². The highest BCUT2D eigenvalue weighted by molar-refractivity contribution is 5.76. The molecule has 1 fully saturated rings. The first kappa shape index (κ1) is 13.0. The van der Waals surface area contributed by atoms with Gasteiger partial charge in [-0.3, -0.25) is 4.79 Å². The van der Waals surface area contributed by atoms with E-state index in [2.05, 4.69) is 10.2 Å². The second kappa shape index (κ2) is 5.96. The van der Waals surface area contributed by atoms with Crippen molar-refractivity contribution in [1.29, 1.82) is 0 Å². The molecule has 0 radical (unpaired) electrons. The number of benzene rings is 1. The maximum Gasteiger partial charge on any atom is 0.220 e. The van der Waals surface area contributed by atoms with E-state index < -0.39 is 0 Å². The lowest BCUT2D eigenvalue weighted by molar-refractivity contribution is -0.123. The van der Waals surface area contributed by atoms with Gasteiger partial charge in [0.25, 0.3) is 0 Å². The third-order valence-corrected chi connectivity index (χ3v) is 3.22. The largest absolute Gasteiger partial charge is 0.352 e. The van der Waals surface area contributed by atoms with Crippen LogP contribution in [0.3, 0.4) is 0 Å². The van der Waals surface area contributed by atoms with Gasteiger partial charge in [-0.05, 0) is 37.6 Å². The number of hydrogen-bond donors (Lipinski definition) is 1. The molecule has 0 aliphatic carbocycles. The van der Waals surface area contributed by atoms with Crippen molar-refractivity contribution in [2.75, 3.05) is 13.6 Å². The molecule has 3 nitrogen and oxygen atoms in total. The lowest BCUT2D eigenvalue weighted by Crippen LogP contribution is -2.45. The van der Waals surface area contributed by atoms with Gasteiger partial charge in [-0.1, -0.05) is 12.1 Å². The van der Waals surface area contributed by atoms with E-state index >= 15 is 0 Å². The van der Waals surface area contributed by atoms with Gasteiger partial charge in [0.15, 0.2) is 0 Å².